The molecule has 0 saturated carbocycles. The highest BCUT2D eigenvalue weighted by Gasteiger charge is 2.39. The molecule has 1 unspecified atom stereocenters. The van der Waals surface area contributed by atoms with E-state index < -0.39 is 5.60 Å². The van der Waals surface area contributed by atoms with Gasteiger partial charge in [0.15, 0.2) is 0 Å². The molecule has 6 nitrogen and oxygen atoms in total. The van der Waals surface area contributed by atoms with Gasteiger partial charge in [0, 0.05) is 18.9 Å². The van der Waals surface area contributed by atoms with Crippen LogP contribution in [0.4, 0.5) is 4.79 Å². The van der Waals surface area contributed by atoms with Gasteiger partial charge in [-0.15, -0.1) is 0 Å². The maximum atomic E-state index is 12.8. The van der Waals surface area contributed by atoms with Crippen LogP contribution in [0.1, 0.15) is 50.8 Å². The summed E-state index contributed by atoms with van der Waals surface area (Å²) in [5.74, 6) is 0. The van der Waals surface area contributed by atoms with E-state index in [9.17, 15) is 4.79 Å². The highest BCUT2D eigenvalue weighted by molar-refractivity contribution is 7.80. The van der Waals surface area contributed by atoms with E-state index in [1.54, 1.807) is 28.2 Å². The summed E-state index contributed by atoms with van der Waals surface area (Å²) in [6.07, 6.45) is 6.02. The third kappa shape index (κ3) is 4.90. The summed E-state index contributed by atoms with van der Waals surface area (Å²) in [5, 5.41) is 0.305. The van der Waals surface area contributed by atoms with Crippen molar-refractivity contribution < 1.29 is 14.3 Å². The standard InChI is InChI=1S/C21H27N3O3S/c1-15-7-9-16(10-8-15)18(26-20(28)23-13-11-22-14-23)17-6-5-12-24(17)19(25)27-21(2,3)4/h7-11,13-14,17-18H,5-6,12H2,1-4H3/t17-,18?/m0/s1. The number of aryl methyl sites for hydroxylation is 1. The molecule has 0 spiro atoms. The van der Waals surface area contributed by atoms with Crippen LogP contribution in [0.3, 0.4) is 0 Å². The molecule has 2 atom stereocenters. The Bertz CT molecular complexity index is 812. The number of thiocarbonyl (C=S) groups is 1. The van der Waals surface area contributed by atoms with E-state index in [-0.39, 0.29) is 18.2 Å². The van der Waals surface area contributed by atoms with Gasteiger partial charge in [-0.05, 0) is 58.3 Å². The number of carbonyl (C=O) groups is 1. The molecule has 1 aliphatic heterocycles. The lowest BCUT2D eigenvalue weighted by molar-refractivity contribution is 0.00709. The first-order chi connectivity index (χ1) is 13.2. The molecule has 150 valence electrons. The van der Waals surface area contributed by atoms with Gasteiger partial charge in [0.2, 0.25) is 0 Å². The average Bonchev–Trinajstić information content (AvgIpc) is 3.30. The van der Waals surface area contributed by atoms with Crippen molar-refractivity contribution in [3.8, 4) is 0 Å². The van der Waals surface area contributed by atoms with Crippen LogP contribution in [-0.2, 0) is 9.47 Å². The van der Waals surface area contributed by atoms with Crippen LogP contribution < -0.4 is 0 Å². The van der Waals surface area contributed by atoms with E-state index >= 15 is 0 Å². The SMILES string of the molecule is Cc1ccc(C(OC(=S)n2ccnc2)[C@@H]2CCCN2C(=O)OC(C)(C)C)cc1. The summed E-state index contributed by atoms with van der Waals surface area (Å²) in [6, 6.07) is 7.99. The number of imidazole rings is 1. The normalized spacial score (nSPS) is 18.0. The maximum Gasteiger partial charge on any atom is 0.410 e. The van der Waals surface area contributed by atoms with Crippen LogP contribution in [0.2, 0.25) is 0 Å². The molecule has 0 radical (unpaired) electrons. The second-order valence-electron chi connectivity index (χ2n) is 8.07. The molecule has 1 amide bonds. The molecule has 0 bridgehead atoms. The largest absolute Gasteiger partial charge is 0.460 e. The van der Waals surface area contributed by atoms with Gasteiger partial charge in [-0.1, -0.05) is 29.8 Å². The van der Waals surface area contributed by atoms with Crippen LogP contribution in [0.5, 0.6) is 0 Å². The Morgan fingerprint density at radius 2 is 2.00 bits per heavy atom. The van der Waals surface area contributed by atoms with Crippen molar-refractivity contribution in [2.24, 2.45) is 0 Å². The fourth-order valence-electron chi connectivity index (χ4n) is 3.32. The fraction of sp³-hybridized carbons (Fsp3) is 0.476. The first-order valence-electron chi connectivity index (χ1n) is 9.50. The van der Waals surface area contributed by atoms with Crippen molar-refractivity contribution in [3.05, 3.63) is 54.1 Å². The van der Waals surface area contributed by atoms with Gasteiger partial charge >= 0.3 is 6.09 Å². The smallest absolute Gasteiger partial charge is 0.410 e. The molecule has 2 heterocycles. The first-order valence-corrected chi connectivity index (χ1v) is 9.90. The minimum absolute atomic E-state index is 0.154. The summed E-state index contributed by atoms with van der Waals surface area (Å²) < 4.78 is 13.5. The maximum absolute atomic E-state index is 12.8. The summed E-state index contributed by atoms with van der Waals surface area (Å²) in [5.41, 5.74) is 1.60. The molecular weight excluding hydrogens is 374 g/mol. The number of nitrogens with zero attached hydrogens (tertiary/aromatic N) is 3. The molecular formula is C21H27N3O3S. The second kappa shape index (κ2) is 8.31. The number of ether oxygens (including phenoxy) is 2. The topological polar surface area (TPSA) is 56.6 Å². The van der Waals surface area contributed by atoms with Crippen molar-refractivity contribution in [3.63, 3.8) is 0 Å². The number of carbonyl (C=O) groups excluding carboxylic acids is 1. The lowest BCUT2D eigenvalue weighted by atomic mass is 9.99. The van der Waals surface area contributed by atoms with Crippen molar-refractivity contribution in [1.82, 2.24) is 14.5 Å². The summed E-state index contributed by atoms with van der Waals surface area (Å²) in [7, 11) is 0. The Morgan fingerprint density at radius 1 is 1.29 bits per heavy atom. The number of aromatic nitrogens is 2. The number of hydrogen-bond acceptors (Lipinski definition) is 5. The third-order valence-electron chi connectivity index (χ3n) is 4.63. The van der Waals surface area contributed by atoms with Crippen LogP contribution in [0, 0.1) is 6.92 Å². The molecule has 0 N–H and O–H groups in total. The van der Waals surface area contributed by atoms with Gasteiger partial charge < -0.3 is 14.4 Å². The number of amides is 1. The van der Waals surface area contributed by atoms with Crippen LogP contribution in [0.15, 0.2) is 43.0 Å². The zero-order valence-electron chi connectivity index (χ0n) is 16.8. The molecule has 0 aliphatic carbocycles. The van der Waals surface area contributed by atoms with Gasteiger partial charge in [-0.25, -0.2) is 9.78 Å². The summed E-state index contributed by atoms with van der Waals surface area (Å²) in [4.78, 5) is 18.6. The average molecular weight is 402 g/mol. The Labute approximate surface area is 171 Å². The van der Waals surface area contributed by atoms with Crippen molar-refractivity contribution in [1.29, 1.82) is 0 Å². The van der Waals surface area contributed by atoms with Crippen molar-refractivity contribution >= 4 is 23.5 Å². The highest BCUT2D eigenvalue weighted by Crippen LogP contribution is 2.34. The Balaban J connectivity index is 1.87. The molecule has 28 heavy (non-hydrogen) atoms. The Hall–Kier alpha value is -2.41. The molecule has 1 aromatic heterocycles. The molecule has 3 rings (SSSR count). The van der Waals surface area contributed by atoms with E-state index in [4.69, 9.17) is 21.7 Å². The predicted molar refractivity (Wildman–Crippen MR) is 111 cm³/mol. The Kier molecular flexibility index (Phi) is 6.03. The molecule has 2 aromatic rings. The monoisotopic (exact) mass is 401 g/mol. The summed E-state index contributed by atoms with van der Waals surface area (Å²) >= 11 is 5.47. The number of hydrogen-bond donors (Lipinski definition) is 0. The summed E-state index contributed by atoms with van der Waals surface area (Å²) in [6.45, 7) is 8.30. The van der Waals surface area contributed by atoms with Gasteiger partial charge in [-0.3, -0.25) is 4.57 Å². The van der Waals surface area contributed by atoms with Crippen LogP contribution in [0.25, 0.3) is 0 Å². The predicted octanol–water partition coefficient (Wildman–Crippen LogP) is 4.48. The van der Waals surface area contributed by atoms with Crippen LogP contribution >= 0.6 is 12.2 Å². The molecule has 1 saturated heterocycles. The highest BCUT2D eigenvalue weighted by atomic mass is 32.1. The number of rotatable bonds is 3. The van der Waals surface area contributed by atoms with Crippen LogP contribution in [-0.4, -0.2) is 43.9 Å². The fourth-order valence-corrected chi connectivity index (χ4v) is 3.53. The number of benzene rings is 1. The molecule has 7 heteroatoms. The van der Waals surface area contributed by atoms with Gasteiger partial charge in [0.1, 0.15) is 18.0 Å². The number of likely N-dealkylation sites (tertiary alicyclic amines) is 1. The van der Waals surface area contributed by atoms with E-state index in [0.717, 1.165) is 24.0 Å². The third-order valence-corrected chi connectivity index (χ3v) is 4.93. The lowest BCUT2D eigenvalue weighted by Crippen LogP contribution is -2.43. The molecule has 1 aromatic carbocycles. The van der Waals surface area contributed by atoms with Gasteiger partial charge in [-0.2, -0.15) is 0 Å². The van der Waals surface area contributed by atoms with Gasteiger partial charge in [0.05, 0.1) is 6.04 Å². The zero-order chi connectivity index (χ0) is 20.3. The van der Waals surface area contributed by atoms with Gasteiger partial charge in [0.25, 0.3) is 5.17 Å². The van der Waals surface area contributed by atoms with E-state index in [2.05, 4.69) is 4.98 Å². The molecule has 1 fully saturated rings. The minimum Gasteiger partial charge on any atom is -0.460 e. The van der Waals surface area contributed by atoms with E-state index in [1.165, 1.54) is 0 Å². The molecule has 1 aliphatic rings. The minimum atomic E-state index is -0.545. The second-order valence-corrected chi connectivity index (χ2v) is 8.42. The van der Waals surface area contributed by atoms with E-state index in [0.29, 0.717) is 11.7 Å². The van der Waals surface area contributed by atoms with Crippen molar-refractivity contribution in [2.75, 3.05) is 6.54 Å². The lowest BCUT2D eigenvalue weighted by Gasteiger charge is -2.33. The first kappa shape index (κ1) is 20.3. The quantitative estimate of drug-likeness (QED) is 0.710. The van der Waals surface area contributed by atoms with E-state index in [1.807, 2.05) is 52.0 Å². The van der Waals surface area contributed by atoms with Crippen molar-refractivity contribution in [2.45, 2.75) is 58.3 Å². The Morgan fingerprint density at radius 3 is 2.61 bits per heavy atom. The zero-order valence-corrected chi connectivity index (χ0v) is 17.6.